The molecule has 0 unspecified atom stereocenters. The first-order chi connectivity index (χ1) is 12.3. The molecule has 26 heavy (non-hydrogen) atoms. The Kier molecular flexibility index (Phi) is 11.4. The van der Waals surface area contributed by atoms with Crippen LogP contribution in [0.5, 0.6) is 5.75 Å². The molecule has 1 heterocycles. The molecular weight excluding hydrogens is 447 g/mol. The maximum atomic E-state index is 5.47. The molecule has 0 bridgehead atoms. The Hall–Kier alpha value is -1.26. The molecular formula is C18H31IN4O3. The van der Waals surface area contributed by atoms with Crippen LogP contribution in [-0.4, -0.2) is 84.7 Å². The maximum absolute atomic E-state index is 5.47. The number of rotatable bonds is 8. The Morgan fingerprint density at radius 1 is 1.12 bits per heavy atom. The molecule has 0 radical (unpaired) electrons. The summed E-state index contributed by atoms with van der Waals surface area (Å²) in [6, 6.07) is 8.22. The van der Waals surface area contributed by atoms with Gasteiger partial charge in [0.1, 0.15) is 5.75 Å². The first-order valence-corrected chi connectivity index (χ1v) is 8.69. The van der Waals surface area contributed by atoms with E-state index in [4.69, 9.17) is 14.2 Å². The van der Waals surface area contributed by atoms with E-state index in [2.05, 4.69) is 32.2 Å². The van der Waals surface area contributed by atoms with Gasteiger partial charge in [-0.15, -0.1) is 24.0 Å². The van der Waals surface area contributed by atoms with Crippen molar-refractivity contribution in [3.05, 3.63) is 24.3 Å². The molecule has 7 nitrogen and oxygen atoms in total. The fourth-order valence-corrected chi connectivity index (χ4v) is 2.80. The van der Waals surface area contributed by atoms with E-state index in [0.29, 0.717) is 19.8 Å². The number of nitrogens with one attached hydrogen (secondary N) is 1. The van der Waals surface area contributed by atoms with Crippen molar-refractivity contribution in [1.82, 2.24) is 10.2 Å². The predicted octanol–water partition coefficient (Wildman–Crippen LogP) is 1.67. The summed E-state index contributed by atoms with van der Waals surface area (Å²) in [6.07, 6.45) is 0. The van der Waals surface area contributed by atoms with Crippen LogP contribution in [0.3, 0.4) is 0 Å². The van der Waals surface area contributed by atoms with E-state index in [9.17, 15) is 0 Å². The van der Waals surface area contributed by atoms with Crippen LogP contribution >= 0.6 is 24.0 Å². The van der Waals surface area contributed by atoms with Gasteiger partial charge in [0.25, 0.3) is 0 Å². The predicted molar refractivity (Wildman–Crippen MR) is 116 cm³/mol. The molecule has 0 amide bonds. The zero-order valence-corrected chi connectivity index (χ0v) is 18.3. The topological polar surface area (TPSA) is 58.6 Å². The first-order valence-electron chi connectivity index (χ1n) is 8.69. The van der Waals surface area contributed by atoms with Crippen LogP contribution in [0, 0.1) is 0 Å². The minimum absolute atomic E-state index is 0. The normalized spacial score (nSPS) is 14.8. The number of guanidine groups is 1. The third-order valence-corrected chi connectivity index (χ3v) is 4.17. The van der Waals surface area contributed by atoms with Crippen molar-refractivity contribution in [2.75, 3.05) is 78.7 Å². The van der Waals surface area contributed by atoms with Crippen LogP contribution in [0.2, 0.25) is 0 Å². The summed E-state index contributed by atoms with van der Waals surface area (Å²) in [5.41, 5.74) is 1.20. The van der Waals surface area contributed by atoms with Crippen molar-refractivity contribution < 1.29 is 14.2 Å². The minimum atomic E-state index is 0. The van der Waals surface area contributed by atoms with E-state index in [1.165, 1.54) is 5.69 Å². The molecule has 2 rings (SSSR count). The molecule has 0 saturated carbocycles. The fraction of sp³-hybridized carbons (Fsp3) is 0.611. The van der Waals surface area contributed by atoms with E-state index < -0.39 is 0 Å². The molecule has 1 aliphatic heterocycles. The van der Waals surface area contributed by atoms with Gasteiger partial charge in [-0.25, -0.2) is 0 Å². The molecule has 1 fully saturated rings. The number of methoxy groups -OCH3 is 2. The Balaban J connectivity index is 0.00000338. The van der Waals surface area contributed by atoms with Crippen LogP contribution in [0.4, 0.5) is 5.69 Å². The number of hydrogen-bond donors (Lipinski definition) is 1. The van der Waals surface area contributed by atoms with Gasteiger partial charge in [-0.3, -0.25) is 4.99 Å². The van der Waals surface area contributed by atoms with Crippen LogP contribution in [0.15, 0.2) is 29.3 Å². The lowest BCUT2D eigenvalue weighted by Crippen LogP contribution is -2.53. The highest BCUT2D eigenvalue weighted by atomic mass is 127. The van der Waals surface area contributed by atoms with Crippen molar-refractivity contribution in [1.29, 1.82) is 0 Å². The van der Waals surface area contributed by atoms with Crippen molar-refractivity contribution in [2.45, 2.75) is 0 Å². The summed E-state index contributed by atoms with van der Waals surface area (Å²) in [4.78, 5) is 9.04. The van der Waals surface area contributed by atoms with E-state index >= 15 is 0 Å². The number of piperazine rings is 1. The largest absolute Gasteiger partial charge is 0.497 e. The zero-order valence-electron chi connectivity index (χ0n) is 15.9. The van der Waals surface area contributed by atoms with Crippen molar-refractivity contribution >= 4 is 35.6 Å². The maximum Gasteiger partial charge on any atom is 0.193 e. The molecule has 1 aliphatic rings. The Morgan fingerprint density at radius 2 is 1.88 bits per heavy atom. The molecule has 0 aromatic heterocycles. The second-order valence-electron chi connectivity index (χ2n) is 5.75. The lowest BCUT2D eigenvalue weighted by atomic mass is 10.2. The molecule has 0 atom stereocenters. The Morgan fingerprint density at radius 3 is 2.54 bits per heavy atom. The number of hydrogen-bond acceptors (Lipinski definition) is 5. The molecule has 0 aliphatic carbocycles. The van der Waals surface area contributed by atoms with Crippen LogP contribution in [0.1, 0.15) is 0 Å². The van der Waals surface area contributed by atoms with Gasteiger partial charge in [0.2, 0.25) is 0 Å². The summed E-state index contributed by atoms with van der Waals surface area (Å²) in [6.45, 7) is 6.41. The van der Waals surface area contributed by atoms with Crippen molar-refractivity contribution in [2.24, 2.45) is 4.99 Å². The molecule has 1 aromatic carbocycles. The van der Waals surface area contributed by atoms with Gasteiger partial charge < -0.3 is 29.3 Å². The molecule has 1 saturated heterocycles. The van der Waals surface area contributed by atoms with Crippen LogP contribution in [-0.2, 0) is 9.47 Å². The van der Waals surface area contributed by atoms with Crippen molar-refractivity contribution in [3.8, 4) is 5.75 Å². The minimum Gasteiger partial charge on any atom is -0.497 e. The fourth-order valence-electron chi connectivity index (χ4n) is 2.80. The van der Waals surface area contributed by atoms with Gasteiger partial charge in [-0.1, -0.05) is 6.07 Å². The summed E-state index contributed by atoms with van der Waals surface area (Å²) < 4.78 is 15.7. The number of halogens is 1. The van der Waals surface area contributed by atoms with Gasteiger partial charge in [0, 0.05) is 58.6 Å². The molecule has 1 N–H and O–H groups in total. The quantitative estimate of drug-likeness (QED) is 0.266. The highest BCUT2D eigenvalue weighted by molar-refractivity contribution is 14.0. The second kappa shape index (κ2) is 13.0. The third-order valence-electron chi connectivity index (χ3n) is 4.17. The van der Waals surface area contributed by atoms with Crippen LogP contribution in [0.25, 0.3) is 0 Å². The van der Waals surface area contributed by atoms with Crippen LogP contribution < -0.4 is 15.0 Å². The lowest BCUT2D eigenvalue weighted by molar-refractivity contribution is 0.0731. The highest BCUT2D eigenvalue weighted by Crippen LogP contribution is 2.22. The average Bonchev–Trinajstić information content (AvgIpc) is 2.68. The standard InChI is InChI=1S/C18H30N4O3.HI/c1-19-18(20-7-12-25-14-13-23-2)22-10-8-21(9-11-22)16-5-4-6-17(15-16)24-3;/h4-6,15H,7-14H2,1-3H3,(H,19,20);1H. The molecule has 8 heteroatoms. The summed E-state index contributed by atoms with van der Waals surface area (Å²) in [7, 11) is 5.20. The number of benzene rings is 1. The SMILES string of the molecule is CN=C(NCCOCCOC)N1CCN(c2cccc(OC)c2)CC1.I. The van der Waals surface area contributed by atoms with Gasteiger partial charge in [0.15, 0.2) is 5.96 Å². The summed E-state index contributed by atoms with van der Waals surface area (Å²) in [5.74, 6) is 1.83. The van der Waals surface area contributed by atoms with E-state index in [0.717, 1.165) is 44.4 Å². The Labute approximate surface area is 173 Å². The highest BCUT2D eigenvalue weighted by Gasteiger charge is 2.19. The average molecular weight is 478 g/mol. The summed E-state index contributed by atoms with van der Waals surface area (Å²) >= 11 is 0. The smallest absolute Gasteiger partial charge is 0.193 e. The zero-order chi connectivity index (χ0) is 17.9. The number of ether oxygens (including phenoxy) is 3. The van der Waals surface area contributed by atoms with Gasteiger partial charge in [-0.2, -0.15) is 0 Å². The molecule has 1 aromatic rings. The summed E-state index contributed by atoms with van der Waals surface area (Å²) in [5, 5.41) is 3.36. The third kappa shape index (κ3) is 7.16. The number of aliphatic imine (C=N–C) groups is 1. The first kappa shape index (κ1) is 22.8. The second-order valence-corrected chi connectivity index (χ2v) is 5.75. The van der Waals surface area contributed by atoms with Gasteiger partial charge in [-0.05, 0) is 12.1 Å². The van der Waals surface area contributed by atoms with E-state index in [-0.39, 0.29) is 24.0 Å². The molecule has 0 spiro atoms. The van der Waals surface area contributed by atoms with Gasteiger partial charge in [0.05, 0.1) is 26.9 Å². The number of anilines is 1. The lowest BCUT2D eigenvalue weighted by Gasteiger charge is -2.37. The Bertz CT molecular complexity index is 537. The monoisotopic (exact) mass is 478 g/mol. The molecule has 148 valence electrons. The van der Waals surface area contributed by atoms with E-state index in [1.807, 2.05) is 19.2 Å². The van der Waals surface area contributed by atoms with Crippen molar-refractivity contribution in [3.63, 3.8) is 0 Å². The number of nitrogens with zero attached hydrogens (tertiary/aromatic N) is 3. The van der Waals surface area contributed by atoms with E-state index in [1.54, 1.807) is 14.2 Å². The van der Waals surface area contributed by atoms with Gasteiger partial charge >= 0.3 is 0 Å².